The first-order valence-electron chi connectivity index (χ1n) is 8.19. The monoisotopic (exact) mass is 278 g/mol. The summed E-state index contributed by atoms with van der Waals surface area (Å²) in [5.41, 5.74) is -0.706. The van der Waals surface area contributed by atoms with E-state index >= 15 is 0 Å². The first-order valence-corrected chi connectivity index (χ1v) is 8.19. The first-order chi connectivity index (χ1) is 9.45. The summed E-state index contributed by atoms with van der Waals surface area (Å²) >= 11 is 0. The van der Waals surface area contributed by atoms with E-state index in [9.17, 15) is 9.59 Å². The average Bonchev–Trinajstić information content (AvgIpc) is 3.04. The van der Waals surface area contributed by atoms with Crippen molar-refractivity contribution < 1.29 is 14.3 Å². The Labute approximate surface area is 121 Å². The molecule has 3 aliphatic carbocycles. The SMILES string of the molecule is CC(C)[C@H]1CC[C@H](C)C[C@@H]1OC(=O)[C@@]12C[C@@H]1CCC2=O. The van der Waals surface area contributed by atoms with Crippen molar-refractivity contribution in [3.05, 3.63) is 0 Å². The summed E-state index contributed by atoms with van der Waals surface area (Å²) in [4.78, 5) is 24.5. The van der Waals surface area contributed by atoms with E-state index in [4.69, 9.17) is 4.74 Å². The van der Waals surface area contributed by atoms with Crippen LogP contribution in [0.2, 0.25) is 0 Å². The normalized spacial score (nSPS) is 43.5. The Hall–Kier alpha value is -0.860. The van der Waals surface area contributed by atoms with Crippen molar-refractivity contribution in [2.75, 3.05) is 0 Å². The molecule has 20 heavy (non-hydrogen) atoms. The maximum atomic E-state index is 12.5. The molecule has 0 aromatic heterocycles. The molecule has 0 unspecified atom stereocenters. The molecule has 0 spiro atoms. The summed E-state index contributed by atoms with van der Waals surface area (Å²) in [6.07, 6.45) is 5.57. The molecule has 0 bridgehead atoms. The summed E-state index contributed by atoms with van der Waals surface area (Å²) in [6.45, 7) is 6.65. The van der Waals surface area contributed by atoms with Gasteiger partial charge in [0.2, 0.25) is 0 Å². The minimum atomic E-state index is -0.706. The van der Waals surface area contributed by atoms with Crippen molar-refractivity contribution in [3.8, 4) is 0 Å². The van der Waals surface area contributed by atoms with Crippen LogP contribution in [-0.2, 0) is 14.3 Å². The lowest BCUT2D eigenvalue weighted by Gasteiger charge is -2.37. The molecule has 3 rings (SSSR count). The van der Waals surface area contributed by atoms with Gasteiger partial charge in [0.15, 0.2) is 0 Å². The second kappa shape index (κ2) is 4.85. The summed E-state index contributed by atoms with van der Waals surface area (Å²) in [5, 5.41) is 0. The highest BCUT2D eigenvalue weighted by molar-refractivity contribution is 6.09. The summed E-state index contributed by atoms with van der Waals surface area (Å²) in [7, 11) is 0. The number of rotatable bonds is 3. The number of esters is 1. The fraction of sp³-hybridized carbons (Fsp3) is 0.882. The maximum absolute atomic E-state index is 12.5. The van der Waals surface area contributed by atoms with Crippen molar-refractivity contribution in [1.29, 1.82) is 0 Å². The number of ether oxygens (including phenoxy) is 1. The van der Waals surface area contributed by atoms with Gasteiger partial charge in [-0.05, 0) is 49.4 Å². The molecule has 112 valence electrons. The molecule has 3 fully saturated rings. The first kappa shape index (κ1) is 14.1. The van der Waals surface area contributed by atoms with Crippen LogP contribution in [-0.4, -0.2) is 17.9 Å². The minimum Gasteiger partial charge on any atom is -0.461 e. The van der Waals surface area contributed by atoms with Gasteiger partial charge in [-0.25, -0.2) is 0 Å². The third-order valence-corrected chi connectivity index (χ3v) is 5.91. The summed E-state index contributed by atoms with van der Waals surface area (Å²) in [5.74, 6) is 1.84. The molecule has 0 N–H and O–H groups in total. The Bertz CT molecular complexity index is 428. The molecule has 0 saturated heterocycles. The second-order valence-corrected chi connectivity index (χ2v) is 7.60. The third-order valence-electron chi connectivity index (χ3n) is 5.91. The predicted molar refractivity (Wildman–Crippen MR) is 76.0 cm³/mol. The minimum absolute atomic E-state index is 0.0234. The Morgan fingerprint density at radius 3 is 2.60 bits per heavy atom. The summed E-state index contributed by atoms with van der Waals surface area (Å²) in [6, 6.07) is 0. The van der Waals surface area contributed by atoms with E-state index in [1.165, 1.54) is 6.42 Å². The highest BCUT2D eigenvalue weighted by atomic mass is 16.5. The average molecular weight is 278 g/mol. The van der Waals surface area contributed by atoms with Crippen molar-refractivity contribution in [1.82, 2.24) is 0 Å². The number of carbonyl (C=O) groups is 2. The van der Waals surface area contributed by atoms with Gasteiger partial charge < -0.3 is 4.74 Å². The maximum Gasteiger partial charge on any atom is 0.320 e. The topological polar surface area (TPSA) is 43.4 Å². The van der Waals surface area contributed by atoms with Crippen LogP contribution < -0.4 is 0 Å². The van der Waals surface area contributed by atoms with Crippen molar-refractivity contribution in [2.24, 2.45) is 29.1 Å². The lowest BCUT2D eigenvalue weighted by atomic mass is 9.75. The molecule has 0 aliphatic heterocycles. The number of carbonyl (C=O) groups excluding carboxylic acids is 2. The largest absolute Gasteiger partial charge is 0.461 e. The third kappa shape index (κ3) is 2.10. The number of ketones is 1. The molecule has 0 aromatic carbocycles. The van der Waals surface area contributed by atoms with Gasteiger partial charge in [-0.15, -0.1) is 0 Å². The van der Waals surface area contributed by atoms with Crippen LogP contribution in [0, 0.1) is 29.1 Å². The standard InChI is InChI=1S/C17H26O3/c1-10(2)13-6-4-11(3)8-14(13)20-16(19)17-9-12(17)5-7-15(17)18/h10-14H,4-9H2,1-3H3/t11-,12-,13+,14-,17-/m0/s1. The second-order valence-electron chi connectivity index (χ2n) is 7.60. The molecule has 0 aromatic rings. The molecule has 0 heterocycles. The zero-order valence-corrected chi connectivity index (χ0v) is 12.9. The quantitative estimate of drug-likeness (QED) is 0.587. The van der Waals surface area contributed by atoms with Crippen LogP contribution in [0.5, 0.6) is 0 Å². The highest BCUT2D eigenvalue weighted by Gasteiger charge is 2.69. The van der Waals surface area contributed by atoms with Gasteiger partial charge in [-0.2, -0.15) is 0 Å². The van der Waals surface area contributed by atoms with Crippen LogP contribution in [0.3, 0.4) is 0 Å². The van der Waals surface area contributed by atoms with Gasteiger partial charge in [0.25, 0.3) is 0 Å². The van der Waals surface area contributed by atoms with Crippen LogP contribution in [0.4, 0.5) is 0 Å². The Morgan fingerprint density at radius 1 is 1.30 bits per heavy atom. The van der Waals surface area contributed by atoms with Crippen LogP contribution in [0.15, 0.2) is 0 Å². The predicted octanol–water partition coefficient (Wildman–Crippen LogP) is 3.36. The smallest absolute Gasteiger partial charge is 0.320 e. The van der Waals surface area contributed by atoms with Crippen LogP contribution >= 0.6 is 0 Å². The molecule has 3 aliphatic rings. The highest BCUT2D eigenvalue weighted by Crippen LogP contribution is 2.62. The number of hydrogen-bond donors (Lipinski definition) is 0. The molecule has 3 heteroatoms. The van der Waals surface area contributed by atoms with Crippen molar-refractivity contribution in [2.45, 2.75) is 65.4 Å². The van der Waals surface area contributed by atoms with Gasteiger partial charge in [-0.1, -0.05) is 27.2 Å². The van der Waals surface area contributed by atoms with Crippen LogP contribution in [0.1, 0.15) is 59.3 Å². The van der Waals surface area contributed by atoms with Gasteiger partial charge in [0.1, 0.15) is 17.3 Å². The van der Waals surface area contributed by atoms with Crippen LogP contribution in [0.25, 0.3) is 0 Å². The van der Waals surface area contributed by atoms with E-state index in [0.717, 1.165) is 25.7 Å². The van der Waals surface area contributed by atoms with E-state index in [-0.39, 0.29) is 17.9 Å². The fourth-order valence-electron chi connectivity index (χ4n) is 4.40. The van der Waals surface area contributed by atoms with E-state index in [0.29, 0.717) is 30.1 Å². The van der Waals surface area contributed by atoms with Gasteiger partial charge >= 0.3 is 5.97 Å². The molecule has 3 nitrogen and oxygen atoms in total. The fourth-order valence-corrected chi connectivity index (χ4v) is 4.40. The van der Waals surface area contributed by atoms with E-state index < -0.39 is 5.41 Å². The zero-order valence-electron chi connectivity index (χ0n) is 12.9. The summed E-state index contributed by atoms with van der Waals surface area (Å²) < 4.78 is 5.87. The number of Topliss-reactive ketones (excluding diaryl/α,β-unsaturated/α-hetero) is 1. The van der Waals surface area contributed by atoms with E-state index in [1.807, 2.05) is 0 Å². The molecule has 0 radical (unpaired) electrons. The molecular weight excluding hydrogens is 252 g/mol. The van der Waals surface area contributed by atoms with Crippen molar-refractivity contribution >= 4 is 11.8 Å². The Morgan fingerprint density at radius 2 is 2.05 bits per heavy atom. The van der Waals surface area contributed by atoms with Crippen molar-refractivity contribution in [3.63, 3.8) is 0 Å². The number of fused-ring (bicyclic) bond motifs is 1. The molecule has 5 atom stereocenters. The van der Waals surface area contributed by atoms with E-state index in [1.54, 1.807) is 0 Å². The lowest BCUT2D eigenvalue weighted by Crippen LogP contribution is -2.39. The van der Waals surface area contributed by atoms with E-state index in [2.05, 4.69) is 20.8 Å². The molecular formula is C17H26O3. The molecule has 0 amide bonds. The lowest BCUT2D eigenvalue weighted by molar-refractivity contribution is -0.164. The molecule has 3 saturated carbocycles. The Balaban J connectivity index is 1.69. The van der Waals surface area contributed by atoms with Gasteiger partial charge in [-0.3, -0.25) is 9.59 Å². The van der Waals surface area contributed by atoms with Gasteiger partial charge in [0, 0.05) is 6.42 Å². The Kier molecular flexibility index (Phi) is 3.42. The van der Waals surface area contributed by atoms with Gasteiger partial charge in [0.05, 0.1) is 0 Å². The number of hydrogen-bond acceptors (Lipinski definition) is 3. The zero-order chi connectivity index (χ0) is 14.5.